The molecule has 0 atom stereocenters. The highest BCUT2D eigenvalue weighted by atomic mass is 32.2. The molecule has 0 unspecified atom stereocenters. The number of halogens is 1. The highest BCUT2D eigenvalue weighted by molar-refractivity contribution is 7.99. The molecule has 0 saturated carbocycles. The second kappa shape index (κ2) is 9.97. The molecule has 2 N–H and O–H groups in total. The molecule has 0 radical (unpaired) electrons. The third-order valence-electron chi connectivity index (χ3n) is 4.22. The zero-order valence-electron chi connectivity index (χ0n) is 16.6. The molecule has 3 aromatic rings. The molecular formula is C20H22FN5O3S. The Morgan fingerprint density at radius 2 is 1.93 bits per heavy atom. The van der Waals surface area contributed by atoms with Crippen LogP contribution in [-0.2, 0) is 11.4 Å². The van der Waals surface area contributed by atoms with Crippen molar-refractivity contribution >= 4 is 23.4 Å². The normalized spacial score (nSPS) is 10.6. The molecule has 1 aromatic heterocycles. The highest BCUT2D eigenvalue weighted by Gasteiger charge is 2.17. The quantitative estimate of drug-likeness (QED) is 0.411. The average molecular weight is 431 g/mol. The zero-order valence-corrected chi connectivity index (χ0v) is 17.4. The van der Waals surface area contributed by atoms with Gasteiger partial charge in [0.1, 0.15) is 23.9 Å². The summed E-state index contributed by atoms with van der Waals surface area (Å²) in [7, 11) is 1.58. The van der Waals surface area contributed by atoms with Crippen LogP contribution in [0.25, 0.3) is 0 Å². The molecule has 0 fully saturated rings. The van der Waals surface area contributed by atoms with Crippen LogP contribution in [0.5, 0.6) is 11.5 Å². The topological polar surface area (TPSA) is 95.5 Å². The van der Waals surface area contributed by atoms with E-state index >= 15 is 0 Å². The van der Waals surface area contributed by atoms with Crippen LogP contribution in [0.1, 0.15) is 12.7 Å². The van der Waals surface area contributed by atoms with E-state index in [-0.39, 0.29) is 24.1 Å². The Bertz CT molecular complexity index is 996. The molecule has 2 aromatic carbocycles. The molecular weight excluding hydrogens is 409 g/mol. The van der Waals surface area contributed by atoms with Crippen LogP contribution in [0.4, 0.5) is 10.1 Å². The summed E-state index contributed by atoms with van der Waals surface area (Å²) >= 11 is 1.17. The van der Waals surface area contributed by atoms with Crippen LogP contribution in [0.3, 0.4) is 0 Å². The lowest BCUT2D eigenvalue weighted by Gasteiger charge is -2.20. The number of nitrogens with zero attached hydrogens (tertiary/aromatic N) is 4. The van der Waals surface area contributed by atoms with Gasteiger partial charge in [0.15, 0.2) is 5.82 Å². The van der Waals surface area contributed by atoms with Crippen molar-refractivity contribution in [2.24, 2.45) is 0 Å². The maximum atomic E-state index is 13.1. The fourth-order valence-corrected chi connectivity index (χ4v) is 3.42. The van der Waals surface area contributed by atoms with Gasteiger partial charge < -0.3 is 20.2 Å². The van der Waals surface area contributed by atoms with Crippen molar-refractivity contribution in [3.63, 3.8) is 0 Å². The van der Waals surface area contributed by atoms with Gasteiger partial charge in [-0.3, -0.25) is 4.79 Å². The number of anilines is 1. The van der Waals surface area contributed by atoms with Crippen LogP contribution >= 0.6 is 11.8 Å². The number of amides is 1. The summed E-state index contributed by atoms with van der Waals surface area (Å²) in [6.45, 7) is 2.42. The van der Waals surface area contributed by atoms with Gasteiger partial charge in [-0.25, -0.2) is 9.07 Å². The molecule has 30 heavy (non-hydrogen) atoms. The monoisotopic (exact) mass is 431 g/mol. The van der Waals surface area contributed by atoms with Gasteiger partial charge in [-0.15, -0.1) is 10.2 Å². The van der Waals surface area contributed by atoms with E-state index in [1.807, 2.05) is 19.1 Å². The number of nitrogen functional groups attached to an aromatic ring is 1. The smallest absolute Gasteiger partial charge is 0.237 e. The minimum Gasteiger partial charge on any atom is -0.497 e. The maximum absolute atomic E-state index is 13.1. The minimum absolute atomic E-state index is 0.108. The molecule has 0 aliphatic heterocycles. The van der Waals surface area contributed by atoms with Gasteiger partial charge in [-0.05, 0) is 43.3 Å². The third-order valence-corrected chi connectivity index (χ3v) is 5.15. The molecule has 1 amide bonds. The maximum Gasteiger partial charge on any atom is 0.237 e. The fraction of sp³-hybridized carbons (Fsp3) is 0.250. The first-order chi connectivity index (χ1) is 14.5. The Kier molecular flexibility index (Phi) is 7.12. The number of hydrogen-bond donors (Lipinski definition) is 1. The first-order valence-corrected chi connectivity index (χ1v) is 10.1. The number of nitrogens with two attached hydrogens (primary N) is 1. The number of thioether (sulfide) groups is 1. The number of rotatable bonds is 9. The third kappa shape index (κ3) is 5.20. The van der Waals surface area contributed by atoms with E-state index in [0.29, 0.717) is 34.7 Å². The number of methoxy groups -OCH3 is 1. The van der Waals surface area contributed by atoms with Gasteiger partial charge in [0.25, 0.3) is 0 Å². The molecule has 0 aliphatic carbocycles. The summed E-state index contributed by atoms with van der Waals surface area (Å²) in [5.41, 5.74) is 0.631. The standard InChI is InChI=1S/C20H22FN5O3S/c1-3-25(15-9-7-14(21)8-10-15)19(27)13-30-20-24-23-18(26(20)22)12-29-17-6-4-5-16(11-17)28-2/h4-11H,3,12-13,22H2,1-2H3. The molecule has 0 aliphatic rings. The van der Waals surface area contributed by atoms with Crippen molar-refractivity contribution in [2.45, 2.75) is 18.7 Å². The van der Waals surface area contributed by atoms with Crippen molar-refractivity contribution in [2.75, 3.05) is 30.1 Å². The number of carbonyl (C=O) groups excluding carboxylic acids is 1. The lowest BCUT2D eigenvalue weighted by atomic mass is 10.3. The molecule has 0 bridgehead atoms. The largest absolute Gasteiger partial charge is 0.497 e. The van der Waals surface area contributed by atoms with Crippen molar-refractivity contribution in [1.29, 1.82) is 0 Å². The zero-order chi connectivity index (χ0) is 21.5. The van der Waals surface area contributed by atoms with Crippen molar-refractivity contribution in [3.05, 3.63) is 60.2 Å². The number of benzene rings is 2. The molecule has 0 spiro atoms. The van der Waals surface area contributed by atoms with Gasteiger partial charge in [-0.2, -0.15) is 0 Å². The lowest BCUT2D eigenvalue weighted by Crippen LogP contribution is -2.32. The Balaban J connectivity index is 1.58. The van der Waals surface area contributed by atoms with Crippen molar-refractivity contribution in [1.82, 2.24) is 14.9 Å². The number of aromatic nitrogens is 3. The van der Waals surface area contributed by atoms with Gasteiger partial charge in [0.2, 0.25) is 11.1 Å². The lowest BCUT2D eigenvalue weighted by molar-refractivity contribution is -0.116. The Hall–Kier alpha value is -3.27. The summed E-state index contributed by atoms with van der Waals surface area (Å²) < 4.78 is 25.3. The van der Waals surface area contributed by atoms with E-state index in [1.54, 1.807) is 36.3 Å². The summed E-state index contributed by atoms with van der Waals surface area (Å²) in [4.78, 5) is 14.2. The summed E-state index contributed by atoms with van der Waals surface area (Å²) in [6, 6.07) is 13.0. The molecule has 10 heteroatoms. The van der Waals surface area contributed by atoms with E-state index in [9.17, 15) is 9.18 Å². The molecule has 158 valence electrons. The van der Waals surface area contributed by atoms with Crippen LogP contribution < -0.4 is 20.2 Å². The number of carbonyl (C=O) groups is 1. The average Bonchev–Trinajstić information content (AvgIpc) is 3.12. The van der Waals surface area contributed by atoms with Gasteiger partial charge in [-0.1, -0.05) is 17.8 Å². The molecule has 3 rings (SSSR count). The predicted octanol–water partition coefficient (Wildman–Crippen LogP) is 2.86. The highest BCUT2D eigenvalue weighted by Crippen LogP contribution is 2.22. The Morgan fingerprint density at radius 3 is 2.63 bits per heavy atom. The van der Waals surface area contributed by atoms with Gasteiger partial charge in [0.05, 0.1) is 12.9 Å². The van der Waals surface area contributed by atoms with E-state index in [2.05, 4.69) is 10.2 Å². The summed E-state index contributed by atoms with van der Waals surface area (Å²) in [5, 5.41) is 8.45. The van der Waals surface area contributed by atoms with Gasteiger partial charge in [0, 0.05) is 18.3 Å². The first-order valence-electron chi connectivity index (χ1n) is 9.16. The van der Waals surface area contributed by atoms with E-state index < -0.39 is 0 Å². The predicted molar refractivity (Wildman–Crippen MR) is 113 cm³/mol. The minimum atomic E-state index is -0.350. The van der Waals surface area contributed by atoms with Crippen molar-refractivity contribution in [3.8, 4) is 11.5 Å². The van der Waals surface area contributed by atoms with E-state index in [0.717, 1.165) is 0 Å². The van der Waals surface area contributed by atoms with Crippen LogP contribution in [0.2, 0.25) is 0 Å². The SMILES string of the molecule is CCN(C(=O)CSc1nnc(COc2cccc(OC)c2)n1N)c1ccc(F)cc1. The van der Waals surface area contributed by atoms with E-state index in [1.165, 1.54) is 28.6 Å². The first kappa shape index (κ1) is 21.4. The van der Waals surface area contributed by atoms with Crippen molar-refractivity contribution < 1.29 is 18.7 Å². The molecule has 8 nitrogen and oxygen atoms in total. The van der Waals surface area contributed by atoms with Gasteiger partial charge >= 0.3 is 0 Å². The number of ether oxygens (including phenoxy) is 2. The Labute approximate surface area is 177 Å². The fourth-order valence-electron chi connectivity index (χ4n) is 2.67. The molecule has 1 heterocycles. The number of hydrogen-bond acceptors (Lipinski definition) is 7. The van der Waals surface area contributed by atoms with Crippen LogP contribution in [0.15, 0.2) is 53.7 Å². The summed E-state index contributed by atoms with van der Waals surface area (Å²) in [6.07, 6.45) is 0. The van der Waals surface area contributed by atoms with Crippen LogP contribution in [-0.4, -0.2) is 40.2 Å². The van der Waals surface area contributed by atoms with Crippen LogP contribution in [0, 0.1) is 5.82 Å². The Morgan fingerprint density at radius 1 is 1.20 bits per heavy atom. The molecule has 0 saturated heterocycles. The second-order valence-electron chi connectivity index (χ2n) is 6.14. The summed E-state index contributed by atoms with van der Waals surface area (Å²) in [5.74, 6) is 7.36. The second-order valence-corrected chi connectivity index (χ2v) is 7.08. The van der Waals surface area contributed by atoms with E-state index in [4.69, 9.17) is 15.3 Å².